The third-order valence-corrected chi connectivity index (χ3v) is 5.31. The predicted molar refractivity (Wildman–Crippen MR) is 125 cm³/mol. The van der Waals surface area contributed by atoms with Crippen LogP contribution in [0.4, 0.5) is 4.39 Å². The van der Waals surface area contributed by atoms with Crippen LogP contribution in [-0.4, -0.2) is 56.1 Å². The van der Waals surface area contributed by atoms with Crippen molar-refractivity contribution in [3.63, 3.8) is 0 Å². The Balaban J connectivity index is 1.45. The molecule has 1 atom stereocenters. The van der Waals surface area contributed by atoms with Gasteiger partial charge in [-0.05, 0) is 54.1 Å². The van der Waals surface area contributed by atoms with Crippen molar-refractivity contribution in [3.8, 4) is 16.9 Å². The molecular weight excluding hydrogens is 469 g/mol. The van der Waals surface area contributed by atoms with Crippen LogP contribution in [0.5, 0.6) is 0 Å². The molecule has 36 heavy (non-hydrogen) atoms. The number of aromatic carboxylic acids is 1. The maximum atomic E-state index is 13.2. The predicted octanol–water partition coefficient (Wildman–Crippen LogP) is 2.68. The summed E-state index contributed by atoms with van der Waals surface area (Å²) in [5.74, 6) is -2.65. The van der Waals surface area contributed by atoms with Crippen molar-refractivity contribution in [1.82, 2.24) is 25.3 Å². The highest BCUT2D eigenvalue weighted by atomic mass is 19.1. The van der Waals surface area contributed by atoms with Crippen molar-refractivity contribution in [3.05, 3.63) is 95.7 Å². The molecule has 0 bridgehead atoms. The molecule has 182 valence electrons. The second-order valence-corrected chi connectivity index (χ2v) is 7.71. The van der Waals surface area contributed by atoms with Crippen LogP contribution in [0.3, 0.4) is 0 Å². The number of carbonyl (C=O) groups is 3. The van der Waals surface area contributed by atoms with E-state index >= 15 is 0 Å². The lowest BCUT2D eigenvalue weighted by atomic mass is 10.1. The average Bonchev–Trinajstić information content (AvgIpc) is 3.39. The van der Waals surface area contributed by atoms with E-state index in [9.17, 15) is 18.8 Å². The number of carbonyl (C=O) groups excluding carboxylic acids is 2. The van der Waals surface area contributed by atoms with Crippen LogP contribution < -0.4 is 5.32 Å². The first-order chi connectivity index (χ1) is 17.3. The summed E-state index contributed by atoms with van der Waals surface area (Å²) < 4.78 is 19.4. The van der Waals surface area contributed by atoms with E-state index in [0.717, 1.165) is 0 Å². The Morgan fingerprint density at radius 2 is 1.78 bits per heavy atom. The van der Waals surface area contributed by atoms with Gasteiger partial charge in [0, 0.05) is 18.2 Å². The molecule has 11 heteroatoms. The van der Waals surface area contributed by atoms with Gasteiger partial charge < -0.3 is 15.2 Å². The Kier molecular flexibility index (Phi) is 7.10. The van der Waals surface area contributed by atoms with Gasteiger partial charge in [0.05, 0.1) is 24.6 Å². The Hall–Kier alpha value is -4.93. The molecule has 0 spiro atoms. The molecule has 2 N–H and O–H groups in total. The molecule has 1 amide bonds. The fourth-order valence-electron chi connectivity index (χ4n) is 3.38. The molecule has 2 aromatic heterocycles. The number of aromatic nitrogens is 4. The Bertz CT molecular complexity index is 1390. The number of carboxylic acid groups (broad SMARTS) is 1. The molecule has 4 rings (SSSR count). The average molecular weight is 489 g/mol. The molecule has 0 aliphatic rings. The Morgan fingerprint density at radius 3 is 2.39 bits per heavy atom. The van der Waals surface area contributed by atoms with Crippen molar-refractivity contribution >= 4 is 17.8 Å². The third kappa shape index (κ3) is 5.58. The molecule has 1 unspecified atom stereocenters. The minimum Gasteiger partial charge on any atom is -0.478 e. The van der Waals surface area contributed by atoms with Gasteiger partial charge in [0.2, 0.25) is 0 Å². The lowest BCUT2D eigenvalue weighted by Crippen LogP contribution is -2.43. The lowest BCUT2D eigenvalue weighted by Gasteiger charge is -2.16. The molecule has 0 saturated heterocycles. The minimum absolute atomic E-state index is 0.0726. The summed E-state index contributed by atoms with van der Waals surface area (Å²) in [7, 11) is 1.22. The van der Waals surface area contributed by atoms with Crippen LogP contribution in [-0.2, 0) is 16.0 Å². The highest BCUT2D eigenvalue weighted by Gasteiger charge is 2.23. The van der Waals surface area contributed by atoms with Gasteiger partial charge in [0.15, 0.2) is 0 Å². The molecule has 0 saturated carbocycles. The van der Waals surface area contributed by atoms with Gasteiger partial charge in [-0.2, -0.15) is 0 Å². The quantitative estimate of drug-likeness (QED) is 0.361. The number of amides is 1. The van der Waals surface area contributed by atoms with Crippen molar-refractivity contribution in [2.45, 2.75) is 12.5 Å². The lowest BCUT2D eigenvalue weighted by molar-refractivity contribution is -0.142. The standard InChI is InChI=1S/C25H20FN5O5/c1-36-25(35)21(12-15-2-7-18(26)8-3-15)28-23(32)20-11-6-17(13-27-20)22-14-31(30-29-22)19-9-4-16(5-10-19)24(33)34/h2-11,13-14,21H,12H2,1H3,(H,28,32)(H,33,34). The first kappa shape index (κ1) is 24.2. The molecule has 2 heterocycles. The van der Waals surface area contributed by atoms with Crippen LogP contribution in [0, 0.1) is 5.82 Å². The highest BCUT2D eigenvalue weighted by Crippen LogP contribution is 2.18. The molecule has 4 aromatic rings. The summed E-state index contributed by atoms with van der Waals surface area (Å²) in [6.07, 6.45) is 3.21. The largest absolute Gasteiger partial charge is 0.478 e. The number of nitrogens with one attached hydrogen (secondary N) is 1. The number of hydrogen-bond acceptors (Lipinski definition) is 7. The molecule has 2 aromatic carbocycles. The SMILES string of the molecule is COC(=O)C(Cc1ccc(F)cc1)NC(=O)c1ccc(-c2cn(-c3ccc(C(=O)O)cc3)nn2)cn1. The second-order valence-electron chi connectivity index (χ2n) is 7.71. The maximum Gasteiger partial charge on any atom is 0.335 e. The van der Waals surface area contributed by atoms with Gasteiger partial charge >= 0.3 is 11.9 Å². The number of hydrogen-bond donors (Lipinski definition) is 2. The van der Waals surface area contributed by atoms with Crippen molar-refractivity contribution in [1.29, 1.82) is 0 Å². The normalized spacial score (nSPS) is 11.5. The Labute approximate surface area is 204 Å². The molecule has 0 radical (unpaired) electrons. The monoisotopic (exact) mass is 489 g/mol. The summed E-state index contributed by atoms with van der Waals surface area (Å²) in [5.41, 5.74) is 2.58. The van der Waals surface area contributed by atoms with Crippen molar-refractivity contribution < 1.29 is 28.6 Å². The molecule has 10 nitrogen and oxygen atoms in total. The minimum atomic E-state index is -1.02. The van der Waals surface area contributed by atoms with Gasteiger partial charge in [-0.3, -0.25) is 9.78 Å². The first-order valence-corrected chi connectivity index (χ1v) is 10.7. The number of ether oxygens (including phenoxy) is 1. The zero-order chi connectivity index (χ0) is 25.7. The van der Waals surface area contributed by atoms with E-state index in [0.29, 0.717) is 22.5 Å². The summed E-state index contributed by atoms with van der Waals surface area (Å²) in [6, 6.07) is 13.9. The number of methoxy groups -OCH3 is 1. The fraction of sp³-hybridized carbons (Fsp3) is 0.120. The van der Waals surface area contributed by atoms with Crippen molar-refractivity contribution in [2.75, 3.05) is 7.11 Å². The number of halogens is 1. The number of esters is 1. The smallest absolute Gasteiger partial charge is 0.335 e. The van der Waals surface area contributed by atoms with Crippen molar-refractivity contribution in [2.24, 2.45) is 0 Å². The number of nitrogens with zero attached hydrogens (tertiary/aromatic N) is 4. The van der Waals surface area contributed by atoms with Gasteiger partial charge in [-0.25, -0.2) is 18.7 Å². The number of pyridine rings is 1. The van der Waals surface area contributed by atoms with Gasteiger partial charge in [-0.1, -0.05) is 17.3 Å². The van der Waals surface area contributed by atoms with E-state index in [1.165, 1.54) is 60.5 Å². The van der Waals surface area contributed by atoms with E-state index in [2.05, 4.69) is 20.6 Å². The van der Waals surface area contributed by atoms with Crippen LogP contribution >= 0.6 is 0 Å². The van der Waals surface area contributed by atoms with Crippen LogP contribution in [0.2, 0.25) is 0 Å². The summed E-state index contributed by atoms with van der Waals surface area (Å²) in [6.45, 7) is 0. The second kappa shape index (κ2) is 10.6. The fourth-order valence-corrected chi connectivity index (χ4v) is 3.38. The molecule has 0 aliphatic heterocycles. The van der Waals surface area contributed by atoms with Gasteiger partial charge in [0.25, 0.3) is 5.91 Å². The first-order valence-electron chi connectivity index (χ1n) is 10.7. The summed E-state index contributed by atoms with van der Waals surface area (Å²) >= 11 is 0. The van der Waals surface area contributed by atoms with E-state index in [4.69, 9.17) is 9.84 Å². The zero-order valence-electron chi connectivity index (χ0n) is 19.0. The van der Waals surface area contributed by atoms with Gasteiger partial charge in [0.1, 0.15) is 23.2 Å². The molecular formula is C25H20FN5O5. The van der Waals surface area contributed by atoms with Crippen LogP contribution in [0.15, 0.2) is 73.1 Å². The summed E-state index contributed by atoms with van der Waals surface area (Å²) in [4.78, 5) is 40.1. The number of carboxylic acids is 1. The van der Waals surface area contributed by atoms with Crippen LogP contribution in [0.1, 0.15) is 26.4 Å². The molecule has 0 aliphatic carbocycles. The van der Waals surface area contributed by atoms with E-state index in [1.54, 1.807) is 24.4 Å². The molecule has 0 fully saturated rings. The van der Waals surface area contributed by atoms with E-state index in [1.807, 2.05) is 0 Å². The van der Waals surface area contributed by atoms with E-state index < -0.39 is 29.7 Å². The highest BCUT2D eigenvalue weighted by molar-refractivity contribution is 5.95. The third-order valence-electron chi connectivity index (χ3n) is 5.31. The Morgan fingerprint density at radius 1 is 1.06 bits per heavy atom. The van der Waals surface area contributed by atoms with Gasteiger partial charge in [-0.15, -0.1) is 5.10 Å². The van der Waals surface area contributed by atoms with Crippen LogP contribution in [0.25, 0.3) is 16.9 Å². The number of benzene rings is 2. The summed E-state index contributed by atoms with van der Waals surface area (Å²) in [5, 5.41) is 19.8. The maximum absolute atomic E-state index is 13.2. The topological polar surface area (TPSA) is 136 Å². The van der Waals surface area contributed by atoms with E-state index in [-0.39, 0.29) is 17.7 Å². The zero-order valence-corrected chi connectivity index (χ0v) is 19.0. The number of rotatable bonds is 8.